The van der Waals surface area contributed by atoms with Crippen molar-refractivity contribution in [2.75, 3.05) is 19.7 Å². The smallest absolute Gasteiger partial charge is 0.0952 e. The number of ether oxygens (including phenoxy) is 1. The zero-order valence-corrected chi connectivity index (χ0v) is 11.8. The summed E-state index contributed by atoms with van der Waals surface area (Å²) < 4.78 is 5.88. The minimum atomic E-state index is 0.215. The first-order valence-corrected chi connectivity index (χ1v) is 7.79. The Hall–Kier alpha value is -1.16. The first kappa shape index (κ1) is 12.9. The number of fused-ring (bicyclic) bond motifs is 1. The highest BCUT2D eigenvalue weighted by atomic mass is 32.1. The molecule has 1 aromatic heterocycles. The molecule has 0 aliphatic carbocycles. The van der Waals surface area contributed by atoms with Crippen LogP contribution in [0.25, 0.3) is 0 Å². The predicted molar refractivity (Wildman–Crippen MR) is 79.7 cm³/mol. The molecule has 0 fully saturated rings. The Balaban J connectivity index is 1.51. The maximum atomic E-state index is 5.88. The van der Waals surface area contributed by atoms with Crippen LogP contribution in [0.5, 0.6) is 0 Å². The molecule has 1 aliphatic heterocycles. The molecule has 3 rings (SSSR count). The van der Waals surface area contributed by atoms with Crippen molar-refractivity contribution in [1.29, 1.82) is 0 Å². The second-order valence-corrected chi connectivity index (χ2v) is 5.67. The SMILES string of the molecule is c1ccc2c(c1)CCOC2CNCCc1ccsc1. The van der Waals surface area contributed by atoms with E-state index in [1.54, 1.807) is 11.3 Å². The van der Waals surface area contributed by atoms with E-state index in [0.717, 1.165) is 32.5 Å². The van der Waals surface area contributed by atoms with Crippen molar-refractivity contribution in [3.05, 3.63) is 57.8 Å². The van der Waals surface area contributed by atoms with E-state index < -0.39 is 0 Å². The minimum Gasteiger partial charge on any atom is -0.372 e. The fourth-order valence-electron chi connectivity index (χ4n) is 2.55. The van der Waals surface area contributed by atoms with Crippen molar-refractivity contribution >= 4 is 11.3 Å². The molecule has 19 heavy (non-hydrogen) atoms. The highest BCUT2D eigenvalue weighted by Gasteiger charge is 2.19. The van der Waals surface area contributed by atoms with Gasteiger partial charge in [-0.3, -0.25) is 0 Å². The van der Waals surface area contributed by atoms with Gasteiger partial charge in [-0.15, -0.1) is 0 Å². The lowest BCUT2D eigenvalue weighted by Gasteiger charge is -2.26. The van der Waals surface area contributed by atoms with Crippen LogP contribution < -0.4 is 5.32 Å². The Morgan fingerprint density at radius 2 is 2.21 bits per heavy atom. The molecular weight excluding hydrogens is 254 g/mol. The largest absolute Gasteiger partial charge is 0.372 e. The van der Waals surface area contributed by atoms with Crippen molar-refractivity contribution in [2.45, 2.75) is 18.9 Å². The first-order chi connectivity index (χ1) is 9.43. The second-order valence-electron chi connectivity index (χ2n) is 4.89. The molecule has 2 aromatic rings. The average molecular weight is 273 g/mol. The third-order valence-electron chi connectivity index (χ3n) is 3.59. The van der Waals surface area contributed by atoms with E-state index >= 15 is 0 Å². The number of thiophene rings is 1. The van der Waals surface area contributed by atoms with Gasteiger partial charge in [0.1, 0.15) is 0 Å². The first-order valence-electron chi connectivity index (χ1n) is 6.84. The molecule has 2 heterocycles. The molecule has 0 saturated carbocycles. The lowest BCUT2D eigenvalue weighted by Crippen LogP contribution is -2.28. The fourth-order valence-corrected chi connectivity index (χ4v) is 3.25. The summed E-state index contributed by atoms with van der Waals surface area (Å²) in [4.78, 5) is 0. The van der Waals surface area contributed by atoms with Gasteiger partial charge in [0.25, 0.3) is 0 Å². The van der Waals surface area contributed by atoms with Gasteiger partial charge >= 0.3 is 0 Å². The average Bonchev–Trinajstić information content (AvgIpc) is 2.97. The van der Waals surface area contributed by atoms with Gasteiger partial charge in [-0.25, -0.2) is 0 Å². The van der Waals surface area contributed by atoms with Gasteiger partial charge in [-0.1, -0.05) is 24.3 Å². The van der Waals surface area contributed by atoms with Crippen LogP contribution in [0.2, 0.25) is 0 Å². The topological polar surface area (TPSA) is 21.3 Å². The second kappa shape index (κ2) is 6.33. The summed E-state index contributed by atoms with van der Waals surface area (Å²) in [5.41, 5.74) is 4.22. The van der Waals surface area contributed by atoms with Crippen LogP contribution in [-0.4, -0.2) is 19.7 Å². The van der Waals surface area contributed by atoms with Gasteiger partial charge in [-0.05, 0) is 52.9 Å². The summed E-state index contributed by atoms with van der Waals surface area (Å²) in [5.74, 6) is 0. The van der Waals surface area contributed by atoms with Gasteiger partial charge in [0, 0.05) is 6.54 Å². The van der Waals surface area contributed by atoms with E-state index in [-0.39, 0.29) is 6.10 Å². The number of nitrogens with one attached hydrogen (secondary N) is 1. The predicted octanol–water partition coefficient (Wildman–Crippen LogP) is 3.19. The number of hydrogen-bond acceptors (Lipinski definition) is 3. The van der Waals surface area contributed by atoms with Crippen molar-refractivity contribution in [3.8, 4) is 0 Å². The van der Waals surface area contributed by atoms with E-state index in [2.05, 4.69) is 46.4 Å². The van der Waals surface area contributed by atoms with Crippen LogP contribution in [0.1, 0.15) is 22.8 Å². The zero-order chi connectivity index (χ0) is 12.9. The molecule has 3 heteroatoms. The van der Waals surface area contributed by atoms with Gasteiger partial charge < -0.3 is 10.1 Å². The Morgan fingerprint density at radius 1 is 1.26 bits per heavy atom. The molecule has 0 spiro atoms. The Labute approximate surface area is 118 Å². The Kier molecular flexibility index (Phi) is 4.28. The maximum Gasteiger partial charge on any atom is 0.0952 e. The molecule has 1 aliphatic rings. The normalized spacial score (nSPS) is 18.2. The van der Waals surface area contributed by atoms with Crippen LogP contribution in [0.3, 0.4) is 0 Å². The van der Waals surface area contributed by atoms with Crippen molar-refractivity contribution in [2.24, 2.45) is 0 Å². The fraction of sp³-hybridized carbons (Fsp3) is 0.375. The van der Waals surface area contributed by atoms with Crippen molar-refractivity contribution in [3.63, 3.8) is 0 Å². The van der Waals surface area contributed by atoms with Gasteiger partial charge in [0.2, 0.25) is 0 Å². The van der Waals surface area contributed by atoms with E-state index in [1.807, 2.05) is 0 Å². The minimum absolute atomic E-state index is 0.215. The molecule has 0 bridgehead atoms. The van der Waals surface area contributed by atoms with E-state index in [9.17, 15) is 0 Å². The van der Waals surface area contributed by atoms with Crippen molar-refractivity contribution in [1.82, 2.24) is 5.32 Å². The quantitative estimate of drug-likeness (QED) is 0.845. The van der Waals surface area contributed by atoms with E-state index in [1.165, 1.54) is 16.7 Å². The van der Waals surface area contributed by atoms with Crippen LogP contribution in [-0.2, 0) is 17.6 Å². The molecule has 1 N–H and O–H groups in total. The molecule has 0 radical (unpaired) electrons. The molecule has 1 aromatic carbocycles. The number of hydrogen-bond donors (Lipinski definition) is 1. The molecule has 0 amide bonds. The number of benzene rings is 1. The lowest BCUT2D eigenvalue weighted by atomic mass is 9.97. The molecule has 100 valence electrons. The summed E-state index contributed by atoms with van der Waals surface area (Å²) >= 11 is 1.76. The van der Waals surface area contributed by atoms with Gasteiger partial charge in [0.05, 0.1) is 12.7 Å². The van der Waals surface area contributed by atoms with Gasteiger partial charge in [0.15, 0.2) is 0 Å². The molecule has 1 unspecified atom stereocenters. The highest BCUT2D eigenvalue weighted by molar-refractivity contribution is 7.07. The van der Waals surface area contributed by atoms with E-state index in [0.29, 0.717) is 0 Å². The third kappa shape index (κ3) is 3.24. The molecule has 0 saturated heterocycles. The van der Waals surface area contributed by atoms with Crippen LogP contribution in [0.4, 0.5) is 0 Å². The third-order valence-corrected chi connectivity index (χ3v) is 4.32. The van der Waals surface area contributed by atoms with Crippen molar-refractivity contribution < 1.29 is 4.74 Å². The highest BCUT2D eigenvalue weighted by Crippen LogP contribution is 2.26. The summed E-state index contributed by atoms with van der Waals surface area (Å²) in [6, 6.07) is 10.8. The molecular formula is C16H19NOS. The Morgan fingerprint density at radius 3 is 3.11 bits per heavy atom. The zero-order valence-electron chi connectivity index (χ0n) is 11.0. The Bertz CT molecular complexity index is 509. The standard InChI is InChI=1S/C16H19NOS/c1-2-4-15-14(3-1)6-9-18-16(15)11-17-8-5-13-7-10-19-12-13/h1-4,7,10,12,16-17H,5-6,8-9,11H2. The summed E-state index contributed by atoms with van der Waals surface area (Å²) in [6.45, 7) is 2.76. The van der Waals surface area contributed by atoms with Crippen LogP contribution in [0, 0.1) is 0 Å². The number of rotatable bonds is 5. The monoisotopic (exact) mass is 273 g/mol. The van der Waals surface area contributed by atoms with Crippen LogP contribution >= 0.6 is 11.3 Å². The molecule has 1 atom stereocenters. The van der Waals surface area contributed by atoms with Gasteiger partial charge in [-0.2, -0.15) is 11.3 Å². The lowest BCUT2D eigenvalue weighted by molar-refractivity contribution is 0.0427. The summed E-state index contributed by atoms with van der Waals surface area (Å²) in [7, 11) is 0. The summed E-state index contributed by atoms with van der Waals surface area (Å²) in [5, 5.41) is 7.87. The summed E-state index contributed by atoms with van der Waals surface area (Å²) in [6.07, 6.45) is 2.35. The van der Waals surface area contributed by atoms with Crippen LogP contribution in [0.15, 0.2) is 41.1 Å². The molecule has 2 nitrogen and oxygen atoms in total. The maximum absolute atomic E-state index is 5.88. The van der Waals surface area contributed by atoms with E-state index in [4.69, 9.17) is 4.74 Å².